The molecule has 2 unspecified atom stereocenters. The number of esters is 1. The molecule has 6 heteroatoms. The Morgan fingerprint density at radius 2 is 1.68 bits per heavy atom. The average molecular weight is 277 g/mol. The molecule has 2 atom stereocenters. The highest BCUT2D eigenvalue weighted by atomic mass is 16.6. The Bertz CT molecular complexity index is 285. The molecule has 0 spiro atoms. The summed E-state index contributed by atoms with van der Waals surface area (Å²) < 4.78 is 15.9. The van der Waals surface area contributed by atoms with Crippen LogP contribution in [0.1, 0.15) is 41.5 Å². The fourth-order valence-electron chi connectivity index (χ4n) is 1.51. The Morgan fingerprint density at radius 3 is 2.11 bits per heavy atom. The molecule has 0 saturated heterocycles. The van der Waals surface area contributed by atoms with Gasteiger partial charge in [-0.25, -0.2) is 4.79 Å². The normalized spacial score (nSPS) is 16.0. The quantitative estimate of drug-likeness (QED) is 0.504. The minimum absolute atomic E-state index is 0.0970. The van der Waals surface area contributed by atoms with Crippen LogP contribution in [0.5, 0.6) is 0 Å². The van der Waals surface area contributed by atoms with E-state index in [0.717, 1.165) is 0 Å². The molecule has 0 radical (unpaired) electrons. The van der Waals surface area contributed by atoms with Gasteiger partial charge in [-0.3, -0.25) is 0 Å². The topological polar surface area (TPSA) is 91.0 Å². The third kappa shape index (κ3) is 8.15. The van der Waals surface area contributed by atoms with Crippen LogP contribution >= 0.6 is 0 Å². The maximum atomic E-state index is 11.9. The maximum absolute atomic E-state index is 11.9. The van der Waals surface area contributed by atoms with Gasteiger partial charge in [0, 0.05) is 0 Å². The Balaban J connectivity index is 4.23. The molecule has 0 amide bonds. The Kier molecular flexibility index (Phi) is 6.93. The van der Waals surface area contributed by atoms with Crippen LogP contribution in [0.15, 0.2) is 0 Å². The Hall–Kier alpha value is -0.690. The summed E-state index contributed by atoms with van der Waals surface area (Å²) in [5.41, 5.74) is 3.81. The molecule has 0 heterocycles. The third-order valence-electron chi connectivity index (χ3n) is 2.20. The summed E-state index contributed by atoms with van der Waals surface area (Å²) in [6.07, 6.45) is -0.741. The standard InChI is InChI=1S/C13H27NO5/c1-9(7-15)18-12(3,4)11(16)17-8-10(2)19-13(5,6)14/h9-10,15H,7-8,14H2,1-6H3. The first-order valence-corrected chi connectivity index (χ1v) is 6.40. The van der Waals surface area contributed by atoms with Crippen molar-refractivity contribution in [1.29, 1.82) is 0 Å². The molecule has 19 heavy (non-hydrogen) atoms. The molecular formula is C13H27NO5. The minimum atomic E-state index is -1.11. The van der Waals surface area contributed by atoms with Crippen molar-refractivity contribution in [2.45, 2.75) is 65.1 Å². The number of hydrogen-bond acceptors (Lipinski definition) is 6. The van der Waals surface area contributed by atoms with E-state index in [1.165, 1.54) is 0 Å². The summed E-state index contributed by atoms with van der Waals surface area (Å²) >= 11 is 0. The maximum Gasteiger partial charge on any atom is 0.337 e. The first-order chi connectivity index (χ1) is 8.48. The second-order valence-corrected chi connectivity index (χ2v) is 5.75. The van der Waals surface area contributed by atoms with Gasteiger partial charge in [0.25, 0.3) is 0 Å². The molecule has 0 aliphatic carbocycles. The lowest BCUT2D eigenvalue weighted by molar-refractivity contribution is -0.181. The minimum Gasteiger partial charge on any atom is -0.461 e. The third-order valence-corrected chi connectivity index (χ3v) is 2.20. The van der Waals surface area contributed by atoms with Gasteiger partial charge in [0.2, 0.25) is 0 Å². The zero-order valence-corrected chi connectivity index (χ0v) is 12.7. The highest BCUT2D eigenvalue weighted by Crippen LogP contribution is 2.15. The van der Waals surface area contributed by atoms with Crippen LogP contribution in [-0.2, 0) is 19.0 Å². The Morgan fingerprint density at radius 1 is 1.16 bits per heavy atom. The van der Waals surface area contributed by atoms with E-state index in [-0.39, 0.29) is 19.3 Å². The molecule has 0 bridgehead atoms. The molecule has 0 rings (SSSR count). The van der Waals surface area contributed by atoms with Crippen molar-refractivity contribution in [2.24, 2.45) is 5.73 Å². The van der Waals surface area contributed by atoms with E-state index in [1.54, 1.807) is 41.5 Å². The summed E-state index contributed by atoms with van der Waals surface area (Å²) in [6.45, 7) is 10.0. The first kappa shape index (κ1) is 18.3. The molecule has 0 aromatic rings. The summed E-state index contributed by atoms with van der Waals surface area (Å²) in [7, 11) is 0. The van der Waals surface area contributed by atoms with Crippen molar-refractivity contribution < 1.29 is 24.1 Å². The van der Waals surface area contributed by atoms with E-state index in [9.17, 15) is 4.79 Å². The van der Waals surface area contributed by atoms with Gasteiger partial charge in [-0.05, 0) is 41.5 Å². The van der Waals surface area contributed by atoms with Crippen LogP contribution in [0.2, 0.25) is 0 Å². The van der Waals surface area contributed by atoms with Crippen LogP contribution in [0.4, 0.5) is 0 Å². The lowest BCUT2D eigenvalue weighted by Gasteiger charge is -2.28. The van der Waals surface area contributed by atoms with Crippen molar-refractivity contribution in [1.82, 2.24) is 0 Å². The largest absolute Gasteiger partial charge is 0.461 e. The number of ether oxygens (including phenoxy) is 3. The van der Waals surface area contributed by atoms with Crippen molar-refractivity contribution >= 4 is 5.97 Å². The number of hydrogen-bond donors (Lipinski definition) is 2. The number of aliphatic hydroxyl groups is 1. The van der Waals surface area contributed by atoms with Gasteiger partial charge in [-0.1, -0.05) is 0 Å². The lowest BCUT2D eigenvalue weighted by Crippen LogP contribution is -2.43. The molecule has 0 aliphatic rings. The van der Waals surface area contributed by atoms with Crippen molar-refractivity contribution in [3.8, 4) is 0 Å². The van der Waals surface area contributed by atoms with Gasteiger partial charge in [-0.2, -0.15) is 0 Å². The SMILES string of the molecule is CC(COC(=O)C(C)(C)OC(C)CO)OC(C)(C)N. The van der Waals surface area contributed by atoms with Crippen molar-refractivity contribution in [2.75, 3.05) is 13.2 Å². The summed E-state index contributed by atoms with van der Waals surface area (Å²) in [5, 5.41) is 8.91. The molecule has 0 aromatic heterocycles. The molecule has 6 nitrogen and oxygen atoms in total. The van der Waals surface area contributed by atoms with Gasteiger partial charge in [0.05, 0.1) is 18.8 Å². The van der Waals surface area contributed by atoms with E-state index in [1.807, 2.05) is 0 Å². The molecule has 0 aromatic carbocycles. The molecule has 0 saturated carbocycles. The average Bonchev–Trinajstić information content (AvgIpc) is 2.22. The van der Waals surface area contributed by atoms with E-state index >= 15 is 0 Å². The lowest BCUT2D eigenvalue weighted by atomic mass is 10.1. The van der Waals surface area contributed by atoms with E-state index in [4.69, 9.17) is 25.1 Å². The number of carbonyl (C=O) groups excluding carboxylic acids is 1. The smallest absolute Gasteiger partial charge is 0.337 e. The number of rotatable bonds is 8. The van der Waals surface area contributed by atoms with E-state index in [0.29, 0.717) is 0 Å². The molecule has 0 fully saturated rings. The predicted molar refractivity (Wildman–Crippen MR) is 71.5 cm³/mol. The highest BCUT2D eigenvalue weighted by molar-refractivity contribution is 5.78. The number of nitrogens with two attached hydrogens (primary N) is 1. The Labute approximate surface area is 115 Å². The van der Waals surface area contributed by atoms with Gasteiger partial charge < -0.3 is 25.1 Å². The summed E-state index contributed by atoms with van der Waals surface area (Å²) in [6, 6.07) is 0. The van der Waals surface area contributed by atoms with Gasteiger partial charge in [0.1, 0.15) is 12.3 Å². The number of carbonyl (C=O) groups is 1. The zero-order chi connectivity index (χ0) is 15.3. The van der Waals surface area contributed by atoms with Crippen LogP contribution in [0.25, 0.3) is 0 Å². The van der Waals surface area contributed by atoms with Gasteiger partial charge in [-0.15, -0.1) is 0 Å². The number of aliphatic hydroxyl groups excluding tert-OH is 1. The summed E-state index contributed by atoms with van der Waals surface area (Å²) in [4.78, 5) is 11.9. The van der Waals surface area contributed by atoms with Crippen LogP contribution < -0.4 is 5.73 Å². The second kappa shape index (κ2) is 7.19. The van der Waals surface area contributed by atoms with Crippen LogP contribution in [0, 0.1) is 0 Å². The first-order valence-electron chi connectivity index (χ1n) is 6.40. The van der Waals surface area contributed by atoms with E-state index in [2.05, 4.69) is 0 Å². The second-order valence-electron chi connectivity index (χ2n) is 5.75. The van der Waals surface area contributed by atoms with Crippen molar-refractivity contribution in [3.63, 3.8) is 0 Å². The van der Waals surface area contributed by atoms with Crippen LogP contribution in [-0.4, -0.2) is 47.8 Å². The van der Waals surface area contributed by atoms with Crippen molar-refractivity contribution in [3.05, 3.63) is 0 Å². The van der Waals surface area contributed by atoms with E-state index < -0.39 is 23.4 Å². The van der Waals surface area contributed by atoms with Gasteiger partial charge >= 0.3 is 5.97 Å². The predicted octanol–water partition coefficient (Wildman–Crippen LogP) is 0.806. The zero-order valence-electron chi connectivity index (χ0n) is 12.7. The summed E-state index contributed by atoms with van der Waals surface area (Å²) in [5.74, 6) is -0.502. The highest BCUT2D eigenvalue weighted by Gasteiger charge is 2.32. The molecule has 3 N–H and O–H groups in total. The van der Waals surface area contributed by atoms with Gasteiger partial charge in [0.15, 0.2) is 5.60 Å². The molecule has 114 valence electrons. The molecular weight excluding hydrogens is 250 g/mol. The van der Waals surface area contributed by atoms with Crippen LogP contribution in [0.3, 0.4) is 0 Å². The molecule has 0 aliphatic heterocycles. The monoisotopic (exact) mass is 277 g/mol. The fourth-order valence-corrected chi connectivity index (χ4v) is 1.51. The fraction of sp³-hybridized carbons (Fsp3) is 0.923.